The van der Waals surface area contributed by atoms with Gasteiger partial charge in [0.25, 0.3) is 0 Å². The molecule has 0 aliphatic rings. The third kappa shape index (κ3) is 3.14. The van der Waals surface area contributed by atoms with E-state index in [2.05, 4.69) is 0 Å². The normalized spacial score (nSPS) is 11.5. The van der Waals surface area contributed by atoms with Crippen molar-refractivity contribution >= 4 is 17.2 Å². The zero-order valence-corrected chi connectivity index (χ0v) is 8.03. The van der Waals surface area contributed by atoms with Gasteiger partial charge in [-0.1, -0.05) is 12.2 Å². The highest BCUT2D eigenvalue weighted by atomic mass is 32.1. The zero-order valence-electron chi connectivity index (χ0n) is 7.22. The first-order valence-corrected chi connectivity index (χ1v) is 4.05. The molecular formula is C7H15NO2S. The monoisotopic (exact) mass is 177 g/mol. The standard InChI is InChI=1S/C7H15NO2S/c1-4-9-7(3,6(8)11)10-5-2/h4-5H2,1-3H3,(H2,8,11). The summed E-state index contributed by atoms with van der Waals surface area (Å²) in [6.07, 6.45) is 0. The van der Waals surface area contributed by atoms with Gasteiger partial charge in [-0.3, -0.25) is 0 Å². The van der Waals surface area contributed by atoms with Crippen LogP contribution in [0.4, 0.5) is 0 Å². The van der Waals surface area contributed by atoms with Crippen LogP contribution in [0, 0.1) is 0 Å². The molecule has 11 heavy (non-hydrogen) atoms. The quantitative estimate of drug-likeness (QED) is 0.504. The fourth-order valence-electron chi connectivity index (χ4n) is 0.735. The van der Waals surface area contributed by atoms with E-state index in [-0.39, 0.29) is 4.99 Å². The lowest BCUT2D eigenvalue weighted by Crippen LogP contribution is -2.44. The first-order valence-electron chi connectivity index (χ1n) is 3.64. The molecule has 66 valence electrons. The fourth-order valence-corrected chi connectivity index (χ4v) is 0.853. The summed E-state index contributed by atoms with van der Waals surface area (Å²) in [5.74, 6) is -0.890. The van der Waals surface area contributed by atoms with Crippen molar-refractivity contribution < 1.29 is 9.47 Å². The van der Waals surface area contributed by atoms with E-state index in [1.54, 1.807) is 6.92 Å². The van der Waals surface area contributed by atoms with Crippen LogP contribution in [0.5, 0.6) is 0 Å². The average molecular weight is 177 g/mol. The maximum atomic E-state index is 5.42. The van der Waals surface area contributed by atoms with Gasteiger partial charge in [0.2, 0.25) is 5.79 Å². The number of rotatable bonds is 5. The molecule has 0 aromatic heterocycles. The largest absolute Gasteiger partial charge is 0.389 e. The predicted molar refractivity (Wildman–Crippen MR) is 48.4 cm³/mol. The molecule has 0 aromatic rings. The van der Waals surface area contributed by atoms with Crippen LogP contribution in [0.25, 0.3) is 0 Å². The SMILES string of the molecule is CCOC(C)(OCC)C(N)=S. The third-order valence-electron chi connectivity index (χ3n) is 1.29. The van der Waals surface area contributed by atoms with Crippen LogP contribution in [-0.2, 0) is 9.47 Å². The summed E-state index contributed by atoms with van der Waals surface area (Å²) in [4.78, 5) is 0.237. The molecule has 0 saturated carbocycles. The average Bonchev–Trinajstić information content (AvgIpc) is 1.88. The lowest BCUT2D eigenvalue weighted by Gasteiger charge is -2.27. The van der Waals surface area contributed by atoms with Gasteiger partial charge < -0.3 is 15.2 Å². The molecule has 0 atom stereocenters. The zero-order chi connectivity index (χ0) is 8.91. The Morgan fingerprint density at radius 2 is 1.73 bits per heavy atom. The number of nitrogens with two attached hydrogens (primary N) is 1. The molecule has 0 radical (unpaired) electrons. The van der Waals surface area contributed by atoms with Crippen LogP contribution < -0.4 is 5.73 Å². The van der Waals surface area contributed by atoms with Crippen molar-refractivity contribution in [3.8, 4) is 0 Å². The second-order valence-corrected chi connectivity index (χ2v) is 2.62. The van der Waals surface area contributed by atoms with Gasteiger partial charge in [-0.25, -0.2) is 0 Å². The van der Waals surface area contributed by atoms with Crippen LogP contribution in [0.3, 0.4) is 0 Å². The van der Waals surface area contributed by atoms with Crippen molar-refractivity contribution in [3.05, 3.63) is 0 Å². The van der Waals surface area contributed by atoms with Crippen molar-refractivity contribution in [2.45, 2.75) is 26.6 Å². The molecule has 0 amide bonds. The number of hydrogen-bond acceptors (Lipinski definition) is 3. The first-order chi connectivity index (χ1) is 5.06. The summed E-state index contributed by atoms with van der Waals surface area (Å²) in [5.41, 5.74) is 5.42. The highest BCUT2D eigenvalue weighted by molar-refractivity contribution is 7.80. The van der Waals surface area contributed by atoms with Crippen LogP contribution in [0.2, 0.25) is 0 Å². The Bertz CT molecular complexity index is 132. The highest BCUT2D eigenvalue weighted by Crippen LogP contribution is 2.12. The molecule has 0 aliphatic heterocycles. The molecule has 0 heterocycles. The van der Waals surface area contributed by atoms with E-state index in [0.717, 1.165) is 0 Å². The molecule has 3 nitrogen and oxygen atoms in total. The topological polar surface area (TPSA) is 44.5 Å². The van der Waals surface area contributed by atoms with E-state index in [0.29, 0.717) is 13.2 Å². The Hall–Kier alpha value is -0.190. The summed E-state index contributed by atoms with van der Waals surface area (Å²) in [7, 11) is 0. The number of ether oxygens (including phenoxy) is 2. The summed E-state index contributed by atoms with van der Waals surface area (Å²) in [6.45, 7) is 6.54. The maximum absolute atomic E-state index is 5.42. The second kappa shape index (κ2) is 4.64. The van der Waals surface area contributed by atoms with Gasteiger partial charge in [0.05, 0.1) is 0 Å². The summed E-state index contributed by atoms with van der Waals surface area (Å²) < 4.78 is 10.5. The van der Waals surface area contributed by atoms with Gasteiger partial charge in [-0.05, 0) is 20.8 Å². The van der Waals surface area contributed by atoms with Crippen molar-refractivity contribution in [1.82, 2.24) is 0 Å². The Kier molecular flexibility index (Phi) is 4.56. The molecular weight excluding hydrogens is 162 g/mol. The van der Waals surface area contributed by atoms with E-state index in [9.17, 15) is 0 Å². The second-order valence-electron chi connectivity index (χ2n) is 2.18. The first kappa shape index (κ1) is 10.8. The van der Waals surface area contributed by atoms with E-state index in [4.69, 9.17) is 27.4 Å². The summed E-state index contributed by atoms with van der Waals surface area (Å²) in [6, 6.07) is 0. The van der Waals surface area contributed by atoms with E-state index >= 15 is 0 Å². The van der Waals surface area contributed by atoms with Crippen LogP contribution in [-0.4, -0.2) is 24.0 Å². The Balaban J connectivity index is 4.13. The van der Waals surface area contributed by atoms with Gasteiger partial charge >= 0.3 is 0 Å². The van der Waals surface area contributed by atoms with Crippen molar-refractivity contribution in [3.63, 3.8) is 0 Å². The number of hydrogen-bond donors (Lipinski definition) is 1. The van der Waals surface area contributed by atoms with Crippen LogP contribution >= 0.6 is 12.2 Å². The molecule has 0 aliphatic carbocycles. The van der Waals surface area contributed by atoms with E-state index in [1.807, 2.05) is 13.8 Å². The molecule has 4 heteroatoms. The van der Waals surface area contributed by atoms with Crippen molar-refractivity contribution in [1.29, 1.82) is 0 Å². The van der Waals surface area contributed by atoms with Gasteiger partial charge in [0.15, 0.2) is 0 Å². The number of thiocarbonyl (C=S) groups is 1. The summed E-state index contributed by atoms with van der Waals surface area (Å²) >= 11 is 4.79. The minimum Gasteiger partial charge on any atom is -0.389 e. The maximum Gasteiger partial charge on any atom is 0.217 e. The van der Waals surface area contributed by atoms with Crippen LogP contribution in [0.1, 0.15) is 20.8 Å². The minimum atomic E-state index is -0.890. The van der Waals surface area contributed by atoms with Crippen LogP contribution in [0.15, 0.2) is 0 Å². The lowest BCUT2D eigenvalue weighted by molar-refractivity contribution is -0.170. The highest BCUT2D eigenvalue weighted by Gasteiger charge is 2.28. The third-order valence-corrected chi connectivity index (χ3v) is 1.66. The minimum absolute atomic E-state index is 0.237. The predicted octanol–water partition coefficient (Wildman–Crippen LogP) is 1.06. The van der Waals surface area contributed by atoms with Crippen molar-refractivity contribution in [2.24, 2.45) is 5.73 Å². The van der Waals surface area contributed by atoms with Gasteiger partial charge in [-0.15, -0.1) is 0 Å². The molecule has 2 N–H and O–H groups in total. The van der Waals surface area contributed by atoms with Gasteiger partial charge in [0.1, 0.15) is 4.99 Å². The molecule has 0 unspecified atom stereocenters. The Morgan fingerprint density at radius 1 is 1.36 bits per heavy atom. The summed E-state index contributed by atoms with van der Waals surface area (Å²) in [5, 5.41) is 0. The molecule has 0 spiro atoms. The molecule has 0 saturated heterocycles. The van der Waals surface area contributed by atoms with E-state index in [1.165, 1.54) is 0 Å². The van der Waals surface area contributed by atoms with E-state index < -0.39 is 5.79 Å². The lowest BCUT2D eigenvalue weighted by atomic mass is 10.3. The molecule has 0 rings (SSSR count). The van der Waals surface area contributed by atoms with Crippen molar-refractivity contribution in [2.75, 3.05) is 13.2 Å². The smallest absolute Gasteiger partial charge is 0.217 e. The Morgan fingerprint density at radius 3 is 1.91 bits per heavy atom. The molecule has 0 fully saturated rings. The Labute approximate surface area is 72.9 Å². The molecule has 0 aromatic carbocycles. The van der Waals surface area contributed by atoms with Gasteiger partial charge in [-0.2, -0.15) is 0 Å². The van der Waals surface area contributed by atoms with Gasteiger partial charge in [0, 0.05) is 13.2 Å². The molecule has 0 bridgehead atoms. The fraction of sp³-hybridized carbons (Fsp3) is 0.857.